The highest BCUT2D eigenvalue weighted by Gasteiger charge is 2.16. The van der Waals surface area contributed by atoms with E-state index in [0.717, 1.165) is 36.5 Å². The lowest BCUT2D eigenvalue weighted by atomic mass is 10.0. The van der Waals surface area contributed by atoms with Crippen LogP contribution in [-0.4, -0.2) is 47.4 Å². The van der Waals surface area contributed by atoms with Crippen LogP contribution in [0.25, 0.3) is 17.0 Å². The molecule has 146 valence electrons. The van der Waals surface area contributed by atoms with Crippen LogP contribution in [-0.2, 0) is 6.54 Å². The summed E-state index contributed by atoms with van der Waals surface area (Å²) < 4.78 is 3.28. The molecule has 0 saturated heterocycles. The van der Waals surface area contributed by atoms with E-state index < -0.39 is 0 Å². The van der Waals surface area contributed by atoms with E-state index in [0.29, 0.717) is 12.3 Å². The minimum absolute atomic E-state index is 0.139. The van der Waals surface area contributed by atoms with Crippen molar-refractivity contribution in [2.75, 3.05) is 13.1 Å². The van der Waals surface area contributed by atoms with Crippen LogP contribution in [0.5, 0.6) is 0 Å². The fraction of sp³-hybridized carbons (Fsp3) is 0.238. The van der Waals surface area contributed by atoms with Crippen molar-refractivity contribution in [3.05, 3.63) is 82.3 Å². The minimum atomic E-state index is -0.139. The maximum Gasteiger partial charge on any atom is 0.274 e. The van der Waals surface area contributed by atoms with Gasteiger partial charge in [-0.25, -0.2) is 14.6 Å². The van der Waals surface area contributed by atoms with Crippen LogP contribution in [0.4, 0.5) is 0 Å². The number of H-pyrrole nitrogens is 1. The van der Waals surface area contributed by atoms with E-state index in [1.54, 1.807) is 6.07 Å². The number of nitrogens with one attached hydrogen (secondary N) is 1. The molecule has 1 aromatic carbocycles. The summed E-state index contributed by atoms with van der Waals surface area (Å²) in [5, 5.41) is 7.31. The van der Waals surface area contributed by atoms with E-state index in [1.807, 2.05) is 23.0 Å². The summed E-state index contributed by atoms with van der Waals surface area (Å²) in [6.45, 7) is 4.44. The highest BCUT2D eigenvalue weighted by molar-refractivity contribution is 5.66. The molecule has 0 unspecified atom stereocenters. The van der Waals surface area contributed by atoms with Crippen LogP contribution in [0.1, 0.15) is 23.2 Å². The Morgan fingerprint density at radius 3 is 2.97 bits per heavy atom. The molecule has 1 aliphatic heterocycles. The Bertz CT molecular complexity index is 1260. The fourth-order valence-electron chi connectivity index (χ4n) is 3.74. The van der Waals surface area contributed by atoms with Crippen LogP contribution in [0.3, 0.4) is 0 Å². The number of benzene rings is 1. The summed E-state index contributed by atoms with van der Waals surface area (Å²) in [6, 6.07) is 9.80. The van der Waals surface area contributed by atoms with Crippen molar-refractivity contribution >= 4 is 11.4 Å². The first-order chi connectivity index (χ1) is 14.2. The average molecular weight is 387 g/mol. The van der Waals surface area contributed by atoms with Crippen molar-refractivity contribution in [3.8, 4) is 5.69 Å². The van der Waals surface area contributed by atoms with Crippen molar-refractivity contribution in [2.24, 2.45) is 0 Å². The van der Waals surface area contributed by atoms with Gasteiger partial charge in [0.25, 0.3) is 11.3 Å². The van der Waals surface area contributed by atoms with E-state index in [4.69, 9.17) is 0 Å². The zero-order valence-electron chi connectivity index (χ0n) is 16.1. The number of rotatable bonds is 4. The van der Waals surface area contributed by atoms with Crippen LogP contribution in [0, 0.1) is 6.92 Å². The third-order valence-electron chi connectivity index (χ3n) is 5.32. The largest absolute Gasteiger partial charge is 0.294 e. The molecule has 0 atom stereocenters. The van der Waals surface area contributed by atoms with Gasteiger partial charge >= 0.3 is 0 Å². The Morgan fingerprint density at radius 2 is 2.14 bits per heavy atom. The molecule has 1 N–H and O–H groups in total. The Hall–Kier alpha value is -3.52. The fourth-order valence-corrected chi connectivity index (χ4v) is 3.74. The Morgan fingerprint density at radius 1 is 1.24 bits per heavy atom. The number of aromatic amines is 1. The summed E-state index contributed by atoms with van der Waals surface area (Å²) in [5.74, 6) is 0.407. The van der Waals surface area contributed by atoms with E-state index in [9.17, 15) is 4.79 Å². The second-order valence-electron chi connectivity index (χ2n) is 7.28. The van der Waals surface area contributed by atoms with Crippen LogP contribution >= 0.6 is 0 Å². The Labute approximate surface area is 167 Å². The summed E-state index contributed by atoms with van der Waals surface area (Å²) >= 11 is 0. The summed E-state index contributed by atoms with van der Waals surface area (Å²) in [5.41, 5.74) is 5.36. The molecule has 0 bridgehead atoms. The number of aromatic nitrogens is 6. The molecule has 0 saturated carbocycles. The number of hydrogen-bond donors (Lipinski definition) is 1. The lowest BCUT2D eigenvalue weighted by Gasteiger charge is -2.25. The summed E-state index contributed by atoms with van der Waals surface area (Å²) in [7, 11) is 0. The third-order valence-corrected chi connectivity index (χ3v) is 5.32. The average Bonchev–Trinajstić information content (AvgIpc) is 3.39. The number of para-hydroxylation sites is 1. The molecule has 5 rings (SSSR count). The second-order valence-corrected chi connectivity index (χ2v) is 7.28. The zero-order chi connectivity index (χ0) is 19.8. The van der Waals surface area contributed by atoms with E-state index in [1.165, 1.54) is 22.0 Å². The van der Waals surface area contributed by atoms with Crippen molar-refractivity contribution in [1.29, 1.82) is 0 Å². The molecule has 3 aromatic heterocycles. The molecular formula is C21H21N7O. The van der Waals surface area contributed by atoms with Crippen LogP contribution in [0.2, 0.25) is 0 Å². The van der Waals surface area contributed by atoms with Crippen LogP contribution in [0.15, 0.2) is 59.9 Å². The van der Waals surface area contributed by atoms with Gasteiger partial charge in [0.05, 0.1) is 17.6 Å². The van der Waals surface area contributed by atoms with Gasteiger partial charge in [0.2, 0.25) is 0 Å². The number of nitrogens with zero attached hydrogens (tertiary/aromatic N) is 6. The normalized spacial score (nSPS) is 15.0. The van der Waals surface area contributed by atoms with E-state index in [2.05, 4.69) is 56.4 Å². The first-order valence-electron chi connectivity index (χ1n) is 9.62. The quantitative estimate of drug-likeness (QED) is 0.580. The molecule has 1 aliphatic rings. The molecule has 0 amide bonds. The van der Waals surface area contributed by atoms with Crippen LogP contribution < -0.4 is 5.56 Å². The molecule has 0 fully saturated rings. The third kappa shape index (κ3) is 3.38. The molecular weight excluding hydrogens is 366 g/mol. The van der Waals surface area contributed by atoms with Crippen molar-refractivity contribution in [3.63, 3.8) is 0 Å². The highest BCUT2D eigenvalue weighted by atomic mass is 16.1. The van der Waals surface area contributed by atoms with Gasteiger partial charge in [0.1, 0.15) is 6.33 Å². The molecule has 8 heteroatoms. The molecule has 4 aromatic rings. The maximum atomic E-state index is 12.1. The molecule has 8 nitrogen and oxygen atoms in total. The predicted octanol–water partition coefficient (Wildman–Crippen LogP) is 2.20. The number of aryl methyl sites for hydroxylation is 1. The lowest BCUT2D eigenvalue weighted by molar-refractivity contribution is 0.290. The predicted molar refractivity (Wildman–Crippen MR) is 110 cm³/mol. The van der Waals surface area contributed by atoms with Gasteiger partial charge in [-0.05, 0) is 30.5 Å². The molecule has 0 radical (unpaired) electrons. The number of hydrogen-bond acceptors (Lipinski definition) is 5. The molecule has 0 spiro atoms. The summed E-state index contributed by atoms with van der Waals surface area (Å²) in [6.07, 6.45) is 8.67. The standard InChI is InChI=1S/C21H21N7O/c1-15-4-2-3-5-19(15)27-12-17(11-23-27)16-6-8-26(9-7-16)13-18-10-20(29)28-21(25-18)22-14-24-28/h2-6,10-12,14H,7-9,13H2,1H3,(H,22,24,25). The van der Waals surface area contributed by atoms with Gasteiger partial charge in [-0.2, -0.15) is 9.61 Å². The van der Waals surface area contributed by atoms with E-state index >= 15 is 0 Å². The first-order valence-corrected chi connectivity index (χ1v) is 9.62. The topological polar surface area (TPSA) is 84.1 Å². The maximum absolute atomic E-state index is 12.1. The first kappa shape index (κ1) is 17.6. The SMILES string of the molecule is Cc1ccccc1-n1cc(C2=CCN(Cc3cc(=O)n4[nH]cnc4n3)CC2)cn1. The smallest absolute Gasteiger partial charge is 0.274 e. The van der Waals surface area contributed by atoms with Crippen molar-refractivity contribution in [2.45, 2.75) is 19.9 Å². The van der Waals surface area contributed by atoms with Gasteiger partial charge in [-0.1, -0.05) is 24.3 Å². The molecule has 0 aliphatic carbocycles. The number of fused-ring (bicyclic) bond motifs is 1. The highest BCUT2D eigenvalue weighted by Crippen LogP contribution is 2.24. The van der Waals surface area contributed by atoms with Gasteiger partial charge in [-0.3, -0.25) is 14.8 Å². The summed E-state index contributed by atoms with van der Waals surface area (Å²) in [4.78, 5) is 22.9. The van der Waals surface area contributed by atoms with Crippen molar-refractivity contribution in [1.82, 2.24) is 34.3 Å². The van der Waals surface area contributed by atoms with Gasteiger partial charge < -0.3 is 0 Å². The van der Waals surface area contributed by atoms with Gasteiger partial charge in [0.15, 0.2) is 0 Å². The Balaban J connectivity index is 1.30. The zero-order valence-corrected chi connectivity index (χ0v) is 16.1. The monoisotopic (exact) mass is 387 g/mol. The minimum Gasteiger partial charge on any atom is -0.294 e. The van der Waals surface area contributed by atoms with Crippen molar-refractivity contribution < 1.29 is 0 Å². The lowest BCUT2D eigenvalue weighted by Crippen LogP contribution is -2.29. The molecule has 29 heavy (non-hydrogen) atoms. The second kappa shape index (κ2) is 7.14. The van der Waals surface area contributed by atoms with Gasteiger partial charge in [-0.15, -0.1) is 0 Å². The van der Waals surface area contributed by atoms with Gasteiger partial charge in [0, 0.05) is 37.5 Å². The van der Waals surface area contributed by atoms with E-state index in [-0.39, 0.29) is 5.56 Å². The molecule has 4 heterocycles. The Kier molecular flexibility index (Phi) is 4.33.